The van der Waals surface area contributed by atoms with Gasteiger partial charge in [0, 0.05) is 20.2 Å². The molecule has 136 valence electrons. The van der Waals surface area contributed by atoms with Gasteiger partial charge in [-0.15, -0.1) is 0 Å². The molecule has 0 aliphatic carbocycles. The summed E-state index contributed by atoms with van der Waals surface area (Å²) in [6.07, 6.45) is -4.53. The predicted molar refractivity (Wildman–Crippen MR) is 98.9 cm³/mol. The third-order valence-corrected chi connectivity index (χ3v) is 4.76. The third kappa shape index (κ3) is 3.40. The van der Waals surface area contributed by atoms with Crippen LogP contribution in [0.15, 0.2) is 54.6 Å². The predicted octanol–water partition coefficient (Wildman–Crippen LogP) is 4.20. The van der Waals surface area contributed by atoms with Crippen LogP contribution in [-0.4, -0.2) is 27.9 Å². The van der Waals surface area contributed by atoms with Crippen molar-refractivity contribution in [2.75, 3.05) is 0 Å². The number of carbonyl (C=O) groups excluding carboxylic acids is 1. The molecular weight excluding hydrogens is 484 g/mol. The van der Waals surface area contributed by atoms with Crippen LogP contribution in [0.2, 0.25) is 5.02 Å². The van der Waals surface area contributed by atoms with E-state index in [2.05, 4.69) is 5.43 Å². The first-order chi connectivity index (χ1) is 12.1. The van der Waals surface area contributed by atoms with Gasteiger partial charge in [-0.25, -0.2) is 5.01 Å². The van der Waals surface area contributed by atoms with Crippen molar-refractivity contribution in [2.45, 2.75) is 11.9 Å². The van der Waals surface area contributed by atoms with E-state index in [-0.39, 0.29) is 16.3 Å². The van der Waals surface area contributed by atoms with Gasteiger partial charge in [0.05, 0.1) is 5.70 Å². The molecule has 3 rings (SSSR count). The number of hydrogen-bond donors (Lipinski definition) is 2. The number of amides is 1. The quantitative estimate of drug-likeness (QED) is 0.616. The Bertz CT molecular complexity index is 869. The van der Waals surface area contributed by atoms with Crippen molar-refractivity contribution in [1.82, 2.24) is 10.4 Å². The van der Waals surface area contributed by atoms with E-state index in [0.29, 0.717) is 16.7 Å². The molecule has 0 saturated heterocycles. The third-order valence-electron chi connectivity index (χ3n) is 3.79. The Morgan fingerprint density at radius 2 is 1.69 bits per heavy atom. The summed E-state index contributed by atoms with van der Waals surface area (Å²) >= 11 is 7.79. The SMILES string of the molecule is O=C(c1ccc(I)cc1)N1NC(c2ccc(Cl)cc2)=C[C@]1(O)C(F)(F)F. The van der Waals surface area contributed by atoms with Gasteiger partial charge in [0.1, 0.15) is 0 Å². The lowest BCUT2D eigenvalue weighted by Gasteiger charge is -2.33. The Labute approximate surface area is 165 Å². The first kappa shape index (κ1) is 19.0. The molecule has 1 atom stereocenters. The Balaban J connectivity index is 2.01. The second-order valence-electron chi connectivity index (χ2n) is 5.55. The summed E-state index contributed by atoms with van der Waals surface area (Å²) in [6, 6.07) is 11.9. The van der Waals surface area contributed by atoms with Gasteiger partial charge in [-0.3, -0.25) is 10.2 Å². The lowest BCUT2D eigenvalue weighted by atomic mass is 10.1. The minimum atomic E-state index is -5.10. The van der Waals surface area contributed by atoms with Gasteiger partial charge in [0.15, 0.2) is 0 Å². The van der Waals surface area contributed by atoms with Crippen molar-refractivity contribution in [3.8, 4) is 0 Å². The number of hydrogen-bond acceptors (Lipinski definition) is 3. The highest BCUT2D eigenvalue weighted by Gasteiger charge is 2.61. The number of hydrazine groups is 1. The lowest BCUT2D eigenvalue weighted by Crippen LogP contribution is -2.60. The van der Waals surface area contributed by atoms with Crippen LogP contribution < -0.4 is 5.43 Å². The molecular formula is C17H11ClF3IN2O2. The Kier molecular flexibility index (Phi) is 4.93. The Hall–Kier alpha value is -1.78. The highest BCUT2D eigenvalue weighted by atomic mass is 127. The molecule has 1 amide bonds. The maximum Gasteiger partial charge on any atom is 0.442 e. The van der Waals surface area contributed by atoms with E-state index in [4.69, 9.17) is 11.6 Å². The molecule has 0 saturated carbocycles. The van der Waals surface area contributed by atoms with Crippen LogP contribution >= 0.6 is 34.2 Å². The number of halogens is 5. The smallest absolute Gasteiger partial charge is 0.359 e. The molecule has 0 spiro atoms. The second kappa shape index (κ2) is 6.75. The molecule has 0 fully saturated rings. The van der Waals surface area contributed by atoms with Crippen LogP contribution in [0.5, 0.6) is 0 Å². The van der Waals surface area contributed by atoms with E-state index in [1.165, 1.54) is 36.4 Å². The zero-order chi connectivity index (χ0) is 19.1. The molecule has 26 heavy (non-hydrogen) atoms. The first-order valence-electron chi connectivity index (χ1n) is 7.26. The van der Waals surface area contributed by atoms with Crippen LogP contribution in [0.4, 0.5) is 13.2 Å². The highest BCUT2D eigenvalue weighted by Crippen LogP contribution is 2.40. The molecule has 9 heteroatoms. The number of alkyl halides is 3. The minimum Gasteiger partial charge on any atom is -0.359 e. The summed E-state index contributed by atoms with van der Waals surface area (Å²) in [5.41, 5.74) is -0.824. The highest BCUT2D eigenvalue weighted by molar-refractivity contribution is 14.1. The Morgan fingerprint density at radius 3 is 2.23 bits per heavy atom. The summed E-state index contributed by atoms with van der Waals surface area (Å²) in [5.74, 6) is -1.01. The molecule has 2 N–H and O–H groups in total. The van der Waals surface area contributed by atoms with Crippen molar-refractivity contribution < 1.29 is 23.1 Å². The molecule has 1 aliphatic heterocycles. The van der Waals surface area contributed by atoms with Crippen molar-refractivity contribution in [3.05, 3.63) is 74.3 Å². The number of nitrogens with zero attached hydrogens (tertiary/aromatic N) is 1. The van der Waals surface area contributed by atoms with E-state index in [1.807, 2.05) is 22.6 Å². The van der Waals surface area contributed by atoms with Gasteiger partial charge in [-0.05, 0) is 64.6 Å². The average molecular weight is 495 g/mol. The monoisotopic (exact) mass is 494 g/mol. The second-order valence-corrected chi connectivity index (χ2v) is 7.23. The molecule has 1 aliphatic rings. The van der Waals surface area contributed by atoms with E-state index < -0.39 is 17.8 Å². The number of aliphatic hydroxyl groups is 1. The molecule has 4 nitrogen and oxygen atoms in total. The standard InChI is InChI=1S/C17H11ClF3IN2O2/c18-12-5-1-10(2-6-12)14-9-16(26,17(19,20)21)24(23-14)15(25)11-3-7-13(22)8-4-11/h1-9,23,26H/t16-/m0/s1. The summed E-state index contributed by atoms with van der Waals surface area (Å²) in [7, 11) is 0. The van der Waals surface area contributed by atoms with E-state index >= 15 is 0 Å². The molecule has 2 aromatic carbocycles. The van der Waals surface area contributed by atoms with Gasteiger partial charge in [-0.2, -0.15) is 13.2 Å². The molecule has 0 unspecified atom stereocenters. The van der Waals surface area contributed by atoms with Crippen molar-refractivity contribution in [1.29, 1.82) is 0 Å². The van der Waals surface area contributed by atoms with Crippen molar-refractivity contribution in [3.63, 3.8) is 0 Å². The molecule has 0 radical (unpaired) electrons. The first-order valence-corrected chi connectivity index (χ1v) is 8.72. The van der Waals surface area contributed by atoms with Crippen molar-refractivity contribution >= 4 is 45.8 Å². The van der Waals surface area contributed by atoms with Crippen LogP contribution in [0.25, 0.3) is 5.70 Å². The molecule has 1 heterocycles. The molecule has 2 aromatic rings. The fraction of sp³-hybridized carbons (Fsp3) is 0.118. The van der Waals surface area contributed by atoms with E-state index in [0.717, 1.165) is 3.57 Å². The zero-order valence-corrected chi connectivity index (χ0v) is 15.8. The van der Waals surface area contributed by atoms with Gasteiger partial charge < -0.3 is 5.11 Å². The summed E-state index contributed by atoms with van der Waals surface area (Å²) < 4.78 is 41.4. The topological polar surface area (TPSA) is 52.6 Å². The summed E-state index contributed by atoms with van der Waals surface area (Å²) in [5, 5.41) is 10.9. The number of benzene rings is 2. The number of nitrogens with one attached hydrogen (secondary N) is 1. The van der Waals surface area contributed by atoms with Crippen LogP contribution in [0.1, 0.15) is 15.9 Å². The largest absolute Gasteiger partial charge is 0.442 e. The number of rotatable bonds is 2. The van der Waals surface area contributed by atoms with Gasteiger partial charge in [0.25, 0.3) is 11.6 Å². The van der Waals surface area contributed by atoms with Gasteiger partial charge in [0.2, 0.25) is 0 Å². The van der Waals surface area contributed by atoms with Gasteiger partial charge >= 0.3 is 6.18 Å². The maximum absolute atomic E-state index is 13.5. The molecule has 0 aromatic heterocycles. The normalized spacial score (nSPS) is 19.9. The van der Waals surface area contributed by atoms with E-state index in [9.17, 15) is 23.1 Å². The summed E-state index contributed by atoms with van der Waals surface area (Å²) in [6.45, 7) is 0. The van der Waals surface area contributed by atoms with Crippen LogP contribution in [-0.2, 0) is 0 Å². The lowest BCUT2D eigenvalue weighted by molar-refractivity contribution is -0.283. The Morgan fingerprint density at radius 1 is 1.12 bits per heavy atom. The van der Waals surface area contributed by atoms with Crippen molar-refractivity contribution in [2.24, 2.45) is 0 Å². The van der Waals surface area contributed by atoms with E-state index in [1.54, 1.807) is 12.1 Å². The zero-order valence-electron chi connectivity index (χ0n) is 12.9. The van der Waals surface area contributed by atoms with Gasteiger partial charge in [-0.1, -0.05) is 23.7 Å². The minimum absolute atomic E-state index is 0.00588. The molecule has 0 bridgehead atoms. The van der Waals surface area contributed by atoms with Crippen LogP contribution in [0, 0.1) is 3.57 Å². The number of carbonyl (C=O) groups is 1. The fourth-order valence-electron chi connectivity index (χ4n) is 2.42. The summed E-state index contributed by atoms with van der Waals surface area (Å²) in [4.78, 5) is 12.6. The van der Waals surface area contributed by atoms with Crippen LogP contribution in [0.3, 0.4) is 0 Å². The average Bonchev–Trinajstić information content (AvgIpc) is 2.94. The fourth-order valence-corrected chi connectivity index (χ4v) is 2.90. The maximum atomic E-state index is 13.5.